The molecule has 2 atom stereocenters. The van der Waals surface area contributed by atoms with Crippen LogP contribution >= 0.6 is 0 Å². The Labute approximate surface area is 205 Å². The summed E-state index contributed by atoms with van der Waals surface area (Å²) in [6, 6.07) is 11.0. The van der Waals surface area contributed by atoms with Gasteiger partial charge in [-0.1, -0.05) is 0 Å². The topological polar surface area (TPSA) is 91.8 Å². The number of nitrogens with zero attached hydrogens (tertiary/aromatic N) is 6. The molecule has 10 heteroatoms. The summed E-state index contributed by atoms with van der Waals surface area (Å²) < 4.78 is 33.1. The van der Waals surface area contributed by atoms with Gasteiger partial charge < -0.3 is 10.2 Å². The van der Waals surface area contributed by atoms with Crippen LogP contribution in [-0.2, 0) is 7.05 Å². The number of anilines is 1. The van der Waals surface area contributed by atoms with Gasteiger partial charge in [-0.2, -0.15) is 14.8 Å². The minimum Gasteiger partial charge on any atom is -0.354 e. The number of piperidine rings is 1. The molecule has 8 nitrogen and oxygen atoms in total. The van der Waals surface area contributed by atoms with E-state index in [0.717, 1.165) is 41.0 Å². The highest BCUT2D eigenvalue weighted by atomic mass is 19.1. The van der Waals surface area contributed by atoms with E-state index in [9.17, 15) is 9.18 Å². The fourth-order valence-corrected chi connectivity index (χ4v) is 5.38. The fourth-order valence-electron chi connectivity index (χ4n) is 5.38. The van der Waals surface area contributed by atoms with Gasteiger partial charge in [-0.25, -0.2) is 9.37 Å². The molecule has 2 aromatic heterocycles. The normalized spacial score (nSPS) is 19.4. The van der Waals surface area contributed by atoms with Crippen LogP contribution in [0.15, 0.2) is 47.4 Å². The predicted molar refractivity (Wildman–Crippen MR) is 131 cm³/mol. The minimum absolute atomic E-state index is 0.0242. The second kappa shape index (κ2) is 8.53. The van der Waals surface area contributed by atoms with Gasteiger partial charge in [-0.05, 0) is 67.7 Å². The number of rotatable bonds is 3. The maximum Gasteiger partial charge on any atom is 0.296 e. The Bertz CT molecular complexity index is 1600. The van der Waals surface area contributed by atoms with Gasteiger partial charge in [0.25, 0.3) is 5.56 Å². The summed E-state index contributed by atoms with van der Waals surface area (Å²) in [5.41, 5.74) is 0.390. The van der Waals surface area contributed by atoms with Gasteiger partial charge in [0.1, 0.15) is 17.7 Å². The standard InChI is InChI=1S/C26H23F2N7O/c1-33-13-18-8-20(4-5-22(18)32-33)35-24(15-2-3-16(10-29)21(27)9-15)31-25(23(28)26(35)36)34-7-6-17-11-30-12-19(17)14-34/h2-5,8-9,13,17,19,30H,6-7,11-12,14H2,1H3. The Morgan fingerprint density at radius 2 is 1.97 bits per heavy atom. The van der Waals surface area contributed by atoms with Gasteiger partial charge in [0, 0.05) is 37.3 Å². The smallest absolute Gasteiger partial charge is 0.296 e. The zero-order chi connectivity index (χ0) is 25.0. The van der Waals surface area contributed by atoms with Crippen LogP contribution in [0.2, 0.25) is 0 Å². The molecular weight excluding hydrogens is 464 g/mol. The van der Waals surface area contributed by atoms with E-state index in [1.165, 1.54) is 12.1 Å². The maximum absolute atomic E-state index is 15.7. The Morgan fingerprint density at radius 3 is 2.78 bits per heavy atom. The van der Waals surface area contributed by atoms with Crippen molar-refractivity contribution in [2.45, 2.75) is 6.42 Å². The molecular formula is C26H23F2N7O. The maximum atomic E-state index is 15.7. The number of aromatic nitrogens is 4. The highest BCUT2D eigenvalue weighted by molar-refractivity contribution is 5.81. The van der Waals surface area contributed by atoms with Crippen LogP contribution in [0, 0.1) is 34.8 Å². The zero-order valence-corrected chi connectivity index (χ0v) is 19.6. The monoisotopic (exact) mass is 487 g/mol. The van der Waals surface area contributed by atoms with E-state index in [1.54, 1.807) is 42.2 Å². The lowest BCUT2D eigenvalue weighted by Gasteiger charge is -2.35. The number of hydrogen-bond acceptors (Lipinski definition) is 6. The van der Waals surface area contributed by atoms with Gasteiger partial charge in [0.05, 0.1) is 16.8 Å². The van der Waals surface area contributed by atoms with Gasteiger partial charge in [0.15, 0.2) is 5.82 Å². The van der Waals surface area contributed by atoms with Crippen molar-refractivity contribution in [3.05, 3.63) is 70.1 Å². The molecule has 36 heavy (non-hydrogen) atoms. The Morgan fingerprint density at radius 1 is 1.14 bits per heavy atom. The van der Waals surface area contributed by atoms with Crippen LogP contribution in [0.1, 0.15) is 12.0 Å². The first kappa shape index (κ1) is 22.4. The number of benzene rings is 2. The summed E-state index contributed by atoms with van der Waals surface area (Å²) in [5, 5.41) is 17.6. The number of halogens is 2. The van der Waals surface area contributed by atoms with E-state index in [4.69, 9.17) is 5.26 Å². The molecule has 0 radical (unpaired) electrons. The summed E-state index contributed by atoms with van der Waals surface area (Å²) in [7, 11) is 1.79. The van der Waals surface area contributed by atoms with Gasteiger partial charge in [-0.3, -0.25) is 14.0 Å². The second-order valence-electron chi connectivity index (χ2n) is 9.48. The van der Waals surface area contributed by atoms with Crippen LogP contribution < -0.4 is 15.8 Å². The molecule has 2 saturated heterocycles. The van der Waals surface area contributed by atoms with Crippen molar-refractivity contribution in [2.24, 2.45) is 18.9 Å². The summed E-state index contributed by atoms with van der Waals surface area (Å²) in [5.74, 6) is -0.710. The van der Waals surface area contributed by atoms with Gasteiger partial charge in [-0.15, -0.1) is 0 Å². The fraction of sp³-hybridized carbons (Fsp3) is 0.308. The average molecular weight is 488 g/mol. The quantitative estimate of drug-likeness (QED) is 0.478. The molecule has 4 aromatic rings. The Balaban J connectivity index is 1.55. The summed E-state index contributed by atoms with van der Waals surface area (Å²) in [6.07, 6.45) is 2.67. The van der Waals surface area contributed by atoms with Crippen molar-refractivity contribution < 1.29 is 8.78 Å². The largest absolute Gasteiger partial charge is 0.354 e. The highest BCUT2D eigenvalue weighted by Gasteiger charge is 2.35. The van der Waals surface area contributed by atoms with E-state index in [2.05, 4.69) is 15.4 Å². The Kier molecular flexibility index (Phi) is 5.30. The first-order chi connectivity index (χ1) is 17.4. The molecule has 182 valence electrons. The van der Waals surface area contributed by atoms with Crippen molar-refractivity contribution in [2.75, 3.05) is 31.1 Å². The van der Waals surface area contributed by atoms with E-state index in [1.807, 2.05) is 4.90 Å². The predicted octanol–water partition coefficient (Wildman–Crippen LogP) is 2.98. The molecule has 0 aliphatic carbocycles. The van der Waals surface area contributed by atoms with Crippen molar-refractivity contribution in [3.8, 4) is 23.1 Å². The number of hydrogen-bond donors (Lipinski definition) is 1. The third-order valence-corrected chi connectivity index (χ3v) is 7.22. The van der Waals surface area contributed by atoms with Gasteiger partial charge in [0.2, 0.25) is 5.82 Å². The van der Waals surface area contributed by atoms with Crippen molar-refractivity contribution in [3.63, 3.8) is 0 Å². The summed E-state index contributed by atoms with van der Waals surface area (Å²) in [6.45, 7) is 2.97. The summed E-state index contributed by atoms with van der Waals surface area (Å²) in [4.78, 5) is 20.0. The lowest BCUT2D eigenvalue weighted by Crippen LogP contribution is -2.42. The van der Waals surface area contributed by atoms with E-state index in [-0.39, 0.29) is 22.8 Å². The Hall–Kier alpha value is -4.10. The molecule has 4 heterocycles. The highest BCUT2D eigenvalue weighted by Crippen LogP contribution is 2.32. The molecule has 6 rings (SSSR count). The van der Waals surface area contributed by atoms with Crippen LogP contribution in [0.5, 0.6) is 0 Å². The number of fused-ring (bicyclic) bond motifs is 2. The van der Waals surface area contributed by atoms with Crippen LogP contribution in [0.4, 0.5) is 14.6 Å². The number of nitrogens with one attached hydrogen (secondary N) is 1. The molecule has 2 fully saturated rings. The average Bonchev–Trinajstić information content (AvgIpc) is 3.49. The first-order valence-electron chi connectivity index (χ1n) is 11.8. The number of nitriles is 1. The van der Waals surface area contributed by atoms with E-state index in [0.29, 0.717) is 30.6 Å². The first-order valence-corrected chi connectivity index (χ1v) is 11.8. The lowest BCUT2D eigenvalue weighted by molar-refractivity contribution is 0.345. The molecule has 1 N–H and O–H groups in total. The van der Waals surface area contributed by atoms with Gasteiger partial charge >= 0.3 is 0 Å². The molecule has 2 aromatic carbocycles. The van der Waals surface area contributed by atoms with Crippen LogP contribution in [-0.4, -0.2) is 45.5 Å². The summed E-state index contributed by atoms with van der Waals surface area (Å²) >= 11 is 0. The van der Waals surface area contributed by atoms with E-state index < -0.39 is 17.2 Å². The molecule has 0 amide bonds. The SMILES string of the molecule is Cn1cc2cc(-n3c(-c4ccc(C#N)c(F)c4)nc(N4CCC5CNCC5C4)c(F)c3=O)ccc2n1. The minimum atomic E-state index is -0.941. The van der Waals surface area contributed by atoms with E-state index >= 15 is 4.39 Å². The second-order valence-corrected chi connectivity index (χ2v) is 9.48. The lowest BCUT2D eigenvalue weighted by atomic mass is 9.89. The van der Waals surface area contributed by atoms with Crippen molar-refractivity contribution in [1.82, 2.24) is 24.6 Å². The third kappa shape index (κ3) is 3.63. The molecule has 2 aliphatic heterocycles. The van der Waals surface area contributed by atoms with Crippen molar-refractivity contribution >= 4 is 16.7 Å². The molecule has 2 aliphatic rings. The van der Waals surface area contributed by atoms with Crippen LogP contribution in [0.3, 0.4) is 0 Å². The van der Waals surface area contributed by atoms with Crippen LogP contribution in [0.25, 0.3) is 28.0 Å². The van der Waals surface area contributed by atoms with Crippen molar-refractivity contribution in [1.29, 1.82) is 5.26 Å². The number of aryl methyl sites for hydroxylation is 1. The molecule has 0 spiro atoms. The molecule has 2 unspecified atom stereocenters. The molecule has 0 saturated carbocycles. The zero-order valence-electron chi connectivity index (χ0n) is 19.6. The molecule has 0 bridgehead atoms. The third-order valence-electron chi connectivity index (χ3n) is 7.22.